The number of halogens is 1. The van der Waals surface area contributed by atoms with Gasteiger partial charge in [-0.05, 0) is 38.6 Å². The van der Waals surface area contributed by atoms with E-state index in [4.69, 9.17) is 4.74 Å². The van der Waals surface area contributed by atoms with E-state index in [0.717, 1.165) is 32.4 Å². The van der Waals surface area contributed by atoms with Crippen LogP contribution in [0, 0.1) is 11.8 Å². The average molecular weight is 293 g/mol. The van der Waals surface area contributed by atoms with Gasteiger partial charge in [-0.25, -0.2) is 0 Å². The van der Waals surface area contributed by atoms with E-state index in [-0.39, 0.29) is 24.2 Å². The lowest BCUT2D eigenvalue weighted by molar-refractivity contribution is -0.126. The normalized spacial score (nSPS) is 22.9. The van der Waals surface area contributed by atoms with Gasteiger partial charge in [-0.3, -0.25) is 4.79 Å². The minimum Gasteiger partial charge on any atom is -0.380 e. The molecule has 2 atom stereocenters. The van der Waals surface area contributed by atoms with Gasteiger partial charge in [0.2, 0.25) is 5.91 Å². The first kappa shape index (κ1) is 18.7. The summed E-state index contributed by atoms with van der Waals surface area (Å²) in [6.07, 6.45) is 2.98. The molecule has 1 aliphatic heterocycles. The summed E-state index contributed by atoms with van der Waals surface area (Å²) >= 11 is 0. The van der Waals surface area contributed by atoms with E-state index in [9.17, 15) is 4.79 Å². The van der Waals surface area contributed by atoms with Crippen LogP contribution in [0.15, 0.2) is 0 Å². The smallest absolute Gasteiger partial charge is 0.223 e. The first-order valence-corrected chi connectivity index (χ1v) is 7.18. The molecule has 0 aliphatic carbocycles. The summed E-state index contributed by atoms with van der Waals surface area (Å²) in [6, 6.07) is 0.455. The third kappa shape index (κ3) is 8.45. The standard InChI is InChI=1S/C14H28N2O2.ClH/c1-11(2)5-8-18-9-7-16-14(17)13-4-6-15-12(3)10-13;/h11-13,15H,4-10H2,1-3H3,(H,16,17);1H/t12-,13-;/m0./s1. The average Bonchev–Trinajstić information content (AvgIpc) is 2.33. The molecule has 1 saturated heterocycles. The molecule has 0 aromatic heterocycles. The zero-order chi connectivity index (χ0) is 13.4. The van der Waals surface area contributed by atoms with Crippen molar-refractivity contribution in [1.82, 2.24) is 10.6 Å². The molecule has 0 saturated carbocycles. The minimum absolute atomic E-state index is 0. The Hall–Kier alpha value is -0.320. The molecule has 1 amide bonds. The SMILES string of the molecule is CC(C)CCOCCNC(=O)[C@H]1CCN[C@@H](C)C1.Cl. The van der Waals surface area contributed by atoms with Crippen molar-refractivity contribution < 1.29 is 9.53 Å². The van der Waals surface area contributed by atoms with Crippen molar-refractivity contribution in [3.8, 4) is 0 Å². The van der Waals surface area contributed by atoms with Crippen LogP contribution in [0.3, 0.4) is 0 Å². The highest BCUT2D eigenvalue weighted by Crippen LogP contribution is 2.15. The topological polar surface area (TPSA) is 50.4 Å². The minimum atomic E-state index is 0. The number of piperidine rings is 1. The van der Waals surface area contributed by atoms with Crippen molar-refractivity contribution >= 4 is 18.3 Å². The Balaban J connectivity index is 0.00000324. The number of carbonyl (C=O) groups excluding carboxylic acids is 1. The molecule has 0 aromatic rings. The van der Waals surface area contributed by atoms with Gasteiger partial charge in [0.15, 0.2) is 0 Å². The zero-order valence-corrected chi connectivity index (χ0v) is 13.2. The van der Waals surface area contributed by atoms with Gasteiger partial charge in [0, 0.05) is 25.1 Å². The lowest BCUT2D eigenvalue weighted by Gasteiger charge is -2.27. The van der Waals surface area contributed by atoms with E-state index in [1.54, 1.807) is 0 Å². The van der Waals surface area contributed by atoms with Crippen molar-refractivity contribution in [3.05, 3.63) is 0 Å². The quantitative estimate of drug-likeness (QED) is 0.706. The van der Waals surface area contributed by atoms with Crippen LogP contribution in [0.4, 0.5) is 0 Å². The molecule has 19 heavy (non-hydrogen) atoms. The highest BCUT2D eigenvalue weighted by Gasteiger charge is 2.24. The van der Waals surface area contributed by atoms with E-state index in [1.165, 1.54) is 0 Å². The van der Waals surface area contributed by atoms with Gasteiger partial charge in [0.1, 0.15) is 0 Å². The maximum Gasteiger partial charge on any atom is 0.223 e. The maximum absolute atomic E-state index is 11.9. The van der Waals surface area contributed by atoms with E-state index < -0.39 is 0 Å². The second-order valence-electron chi connectivity index (χ2n) is 5.66. The first-order valence-electron chi connectivity index (χ1n) is 7.18. The molecule has 1 rings (SSSR count). The summed E-state index contributed by atoms with van der Waals surface area (Å²) in [6.45, 7) is 9.50. The molecule has 1 heterocycles. The summed E-state index contributed by atoms with van der Waals surface area (Å²) in [7, 11) is 0. The molecule has 1 fully saturated rings. The van der Waals surface area contributed by atoms with Crippen LogP contribution in [0.25, 0.3) is 0 Å². The van der Waals surface area contributed by atoms with Crippen molar-refractivity contribution in [3.63, 3.8) is 0 Å². The monoisotopic (exact) mass is 292 g/mol. The third-order valence-corrected chi connectivity index (χ3v) is 3.38. The summed E-state index contributed by atoms with van der Waals surface area (Å²) in [5, 5.41) is 6.33. The summed E-state index contributed by atoms with van der Waals surface area (Å²) in [5.41, 5.74) is 0. The number of nitrogens with one attached hydrogen (secondary N) is 2. The predicted molar refractivity (Wildman–Crippen MR) is 80.7 cm³/mol. The fourth-order valence-electron chi connectivity index (χ4n) is 2.18. The molecular formula is C14H29ClN2O2. The van der Waals surface area contributed by atoms with E-state index in [2.05, 4.69) is 31.4 Å². The van der Waals surface area contributed by atoms with Gasteiger partial charge in [0.05, 0.1) is 6.61 Å². The Bertz CT molecular complexity index is 250. The molecule has 114 valence electrons. The Morgan fingerprint density at radius 1 is 1.42 bits per heavy atom. The molecule has 2 N–H and O–H groups in total. The third-order valence-electron chi connectivity index (χ3n) is 3.38. The molecular weight excluding hydrogens is 264 g/mol. The first-order chi connectivity index (χ1) is 8.59. The second kappa shape index (κ2) is 10.5. The van der Waals surface area contributed by atoms with Gasteiger partial charge >= 0.3 is 0 Å². The predicted octanol–water partition coefficient (Wildman–Crippen LogP) is 1.98. The van der Waals surface area contributed by atoms with Crippen LogP contribution in [-0.4, -0.2) is 38.3 Å². The molecule has 1 aliphatic rings. The van der Waals surface area contributed by atoms with Gasteiger partial charge < -0.3 is 15.4 Å². The lowest BCUT2D eigenvalue weighted by Crippen LogP contribution is -2.43. The molecule has 0 unspecified atom stereocenters. The van der Waals surface area contributed by atoms with E-state index in [0.29, 0.717) is 25.1 Å². The fourth-order valence-corrected chi connectivity index (χ4v) is 2.18. The number of hydrogen-bond acceptors (Lipinski definition) is 3. The van der Waals surface area contributed by atoms with E-state index >= 15 is 0 Å². The molecule has 4 nitrogen and oxygen atoms in total. The number of amides is 1. The van der Waals surface area contributed by atoms with Crippen LogP contribution in [0.5, 0.6) is 0 Å². The van der Waals surface area contributed by atoms with Crippen molar-refractivity contribution in [2.24, 2.45) is 11.8 Å². The Morgan fingerprint density at radius 2 is 2.16 bits per heavy atom. The number of ether oxygens (including phenoxy) is 1. The van der Waals surface area contributed by atoms with Crippen molar-refractivity contribution in [2.45, 2.75) is 46.1 Å². The van der Waals surface area contributed by atoms with Gasteiger partial charge in [0.25, 0.3) is 0 Å². The number of carbonyl (C=O) groups is 1. The van der Waals surface area contributed by atoms with Gasteiger partial charge in [-0.2, -0.15) is 0 Å². The molecule has 0 bridgehead atoms. The highest BCUT2D eigenvalue weighted by atomic mass is 35.5. The Morgan fingerprint density at radius 3 is 2.79 bits per heavy atom. The fraction of sp³-hybridized carbons (Fsp3) is 0.929. The van der Waals surface area contributed by atoms with Crippen LogP contribution in [-0.2, 0) is 9.53 Å². The van der Waals surface area contributed by atoms with Gasteiger partial charge in [-0.1, -0.05) is 13.8 Å². The number of rotatable bonds is 7. The van der Waals surface area contributed by atoms with Crippen LogP contribution in [0.2, 0.25) is 0 Å². The van der Waals surface area contributed by atoms with Crippen LogP contribution >= 0.6 is 12.4 Å². The zero-order valence-electron chi connectivity index (χ0n) is 12.4. The molecule has 0 radical (unpaired) electrons. The van der Waals surface area contributed by atoms with Crippen LogP contribution in [0.1, 0.15) is 40.0 Å². The Labute approximate surface area is 123 Å². The highest BCUT2D eigenvalue weighted by molar-refractivity contribution is 5.85. The number of hydrogen-bond donors (Lipinski definition) is 2. The molecule has 0 spiro atoms. The second-order valence-corrected chi connectivity index (χ2v) is 5.66. The van der Waals surface area contributed by atoms with Gasteiger partial charge in [-0.15, -0.1) is 12.4 Å². The maximum atomic E-state index is 11.9. The summed E-state index contributed by atoms with van der Waals surface area (Å²) in [5.74, 6) is 1.04. The summed E-state index contributed by atoms with van der Waals surface area (Å²) in [4.78, 5) is 11.9. The van der Waals surface area contributed by atoms with E-state index in [1.807, 2.05) is 0 Å². The van der Waals surface area contributed by atoms with Crippen LogP contribution < -0.4 is 10.6 Å². The lowest BCUT2D eigenvalue weighted by atomic mass is 9.92. The molecule has 5 heteroatoms. The van der Waals surface area contributed by atoms with Crippen molar-refractivity contribution in [2.75, 3.05) is 26.3 Å². The Kier molecular flexibility index (Phi) is 10.3. The van der Waals surface area contributed by atoms with Crippen molar-refractivity contribution in [1.29, 1.82) is 0 Å². The summed E-state index contributed by atoms with van der Waals surface area (Å²) < 4.78 is 5.48. The molecule has 0 aromatic carbocycles. The largest absolute Gasteiger partial charge is 0.380 e.